The van der Waals surface area contributed by atoms with Crippen LogP contribution in [0.4, 0.5) is 0 Å². The topological polar surface area (TPSA) is 25.2 Å². The van der Waals surface area contributed by atoms with Crippen molar-refractivity contribution in [2.75, 3.05) is 0 Å². The molecule has 1 N–H and O–H groups in total. The number of aryl methyl sites for hydroxylation is 2. The van der Waals surface area contributed by atoms with Crippen molar-refractivity contribution >= 4 is 11.6 Å². The highest BCUT2D eigenvalue weighted by Crippen LogP contribution is 2.27. The Morgan fingerprint density at radius 2 is 1.88 bits per heavy atom. The van der Waals surface area contributed by atoms with Gasteiger partial charge in [-0.05, 0) is 50.1 Å². The standard InChI is InChI=1S/C14H16ClNO/c1-9-4-5-14(13(15)6-9)16-10(2)7-12(8-17)11(16)3/h4-7,17H,8H2,1-3H3. The Morgan fingerprint density at radius 1 is 1.18 bits per heavy atom. The second-order valence-electron chi connectivity index (χ2n) is 4.34. The van der Waals surface area contributed by atoms with Gasteiger partial charge in [0.25, 0.3) is 0 Å². The van der Waals surface area contributed by atoms with Gasteiger partial charge in [-0.1, -0.05) is 17.7 Å². The molecule has 0 spiro atoms. The van der Waals surface area contributed by atoms with Crippen LogP contribution in [0.1, 0.15) is 22.5 Å². The van der Waals surface area contributed by atoms with Gasteiger partial charge in [-0.3, -0.25) is 0 Å². The summed E-state index contributed by atoms with van der Waals surface area (Å²) < 4.78 is 2.08. The first-order chi connectivity index (χ1) is 8.04. The van der Waals surface area contributed by atoms with Crippen molar-refractivity contribution < 1.29 is 5.11 Å². The summed E-state index contributed by atoms with van der Waals surface area (Å²) in [5, 5.41) is 10.0. The molecule has 0 fully saturated rings. The van der Waals surface area contributed by atoms with E-state index in [1.807, 2.05) is 45.0 Å². The maximum atomic E-state index is 9.27. The van der Waals surface area contributed by atoms with Crippen molar-refractivity contribution in [2.45, 2.75) is 27.4 Å². The summed E-state index contributed by atoms with van der Waals surface area (Å²) in [4.78, 5) is 0. The molecule has 2 rings (SSSR count). The molecule has 1 aromatic heterocycles. The first-order valence-electron chi connectivity index (χ1n) is 5.59. The smallest absolute Gasteiger partial charge is 0.0699 e. The molecule has 2 aromatic rings. The van der Waals surface area contributed by atoms with Crippen LogP contribution in [0.5, 0.6) is 0 Å². The van der Waals surface area contributed by atoms with Crippen molar-refractivity contribution in [3.05, 3.63) is 51.8 Å². The quantitative estimate of drug-likeness (QED) is 0.865. The third-order valence-corrected chi connectivity index (χ3v) is 3.35. The Balaban J connectivity index is 2.64. The summed E-state index contributed by atoms with van der Waals surface area (Å²) in [7, 11) is 0. The highest BCUT2D eigenvalue weighted by molar-refractivity contribution is 6.32. The monoisotopic (exact) mass is 249 g/mol. The van der Waals surface area contributed by atoms with Crippen LogP contribution in [-0.2, 0) is 6.61 Å². The largest absolute Gasteiger partial charge is 0.392 e. The summed E-state index contributed by atoms with van der Waals surface area (Å²) in [5.74, 6) is 0. The summed E-state index contributed by atoms with van der Waals surface area (Å²) >= 11 is 6.28. The van der Waals surface area contributed by atoms with Crippen LogP contribution < -0.4 is 0 Å². The normalized spacial score (nSPS) is 10.9. The van der Waals surface area contributed by atoms with E-state index in [2.05, 4.69) is 4.57 Å². The maximum Gasteiger partial charge on any atom is 0.0699 e. The molecule has 0 atom stereocenters. The number of benzene rings is 1. The molecule has 2 nitrogen and oxygen atoms in total. The Bertz CT molecular complexity index is 558. The van der Waals surface area contributed by atoms with Crippen LogP contribution in [0.15, 0.2) is 24.3 Å². The molecule has 17 heavy (non-hydrogen) atoms. The van der Waals surface area contributed by atoms with Gasteiger partial charge in [0.2, 0.25) is 0 Å². The number of hydrogen-bond donors (Lipinski definition) is 1. The molecule has 0 unspecified atom stereocenters. The van der Waals surface area contributed by atoms with E-state index < -0.39 is 0 Å². The van der Waals surface area contributed by atoms with Gasteiger partial charge in [0.15, 0.2) is 0 Å². The van der Waals surface area contributed by atoms with E-state index in [1.54, 1.807) is 0 Å². The minimum atomic E-state index is 0.0587. The lowest BCUT2D eigenvalue weighted by Crippen LogP contribution is -2.00. The number of aromatic nitrogens is 1. The van der Waals surface area contributed by atoms with Gasteiger partial charge in [0.1, 0.15) is 0 Å². The van der Waals surface area contributed by atoms with E-state index in [1.165, 1.54) is 0 Å². The van der Waals surface area contributed by atoms with Crippen LogP contribution in [0, 0.1) is 20.8 Å². The Labute approximate surface area is 106 Å². The second kappa shape index (κ2) is 4.55. The summed E-state index contributed by atoms with van der Waals surface area (Å²) in [6.07, 6.45) is 0. The van der Waals surface area contributed by atoms with Gasteiger partial charge < -0.3 is 9.67 Å². The molecule has 0 aliphatic rings. The molecule has 0 aliphatic carbocycles. The fourth-order valence-corrected chi connectivity index (χ4v) is 2.47. The van der Waals surface area contributed by atoms with Crippen molar-refractivity contribution in [1.29, 1.82) is 0 Å². The van der Waals surface area contributed by atoms with Crippen molar-refractivity contribution in [2.24, 2.45) is 0 Å². The molecule has 90 valence electrons. The van der Waals surface area contributed by atoms with Crippen LogP contribution in [-0.4, -0.2) is 9.67 Å². The SMILES string of the molecule is Cc1ccc(-n2c(C)cc(CO)c2C)c(Cl)c1. The van der Waals surface area contributed by atoms with E-state index in [0.29, 0.717) is 0 Å². The van der Waals surface area contributed by atoms with Crippen LogP contribution in [0.25, 0.3) is 5.69 Å². The molecule has 1 heterocycles. The van der Waals surface area contributed by atoms with Crippen molar-refractivity contribution in [1.82, 2.24) is 4.57 Å². The molecule has 0 bridgehead atoms. The lowest BCUT2D eigenvalue weighted by Gasteiger charge is -2.12. The zero-order valence-electron chi connectivity index (χ0n) is 10.3. The molecular formula is C14H16ClNO. The number of halogens is 1. The second-order valence-corrected chi connectivity index (χ2v) is 4.75. The minimum absolute atomic E-state index is 0.0587. The van der Waals surface area contributed by atoms with E-state index in [0.717, 1.165) is 33.2 Å². The average Bonchev–Trinajstić information content (AvgIpc) is 2.55. The molecule has 3 heteroatoms. The minimum Gasteiger partial charge on any atom is -0.392 e. The summed E-state index contributed by atoms with van der Waals surface area (Å²) in [5.41, 5.74) is 5.17. The van der Waals surface area contributed by atoms with Gasteiger partial charge in [-0.15, -0.1) is 0 Å². The van der Waals surface area contributed by atoms with E-state index in [-0.39, 0.29) is 6.61 Å². The first-order valence-corrected chi connectivity index (χ1v) is 5.97. The predicted molar refractivity (Wildman–Crippen MR) is 70.9 cm³/mol. The molecule has 1 aromatic carbocycles. The van der Waals surface area contributed by atoms with Crippen LogP contribution in [0.3, 0.4) is 0 Å². The van der Waals surface area contributed by atoms with E-state index in [9.17, 15) is 5.11 Å². The number of aliphatic hydroxyl groups excluding tert-OH is 1. The zero-order chi connectivity index (χ0) is 12.6. The fraction of sp³-hybridized carbons (Fsp3) is 0.286. The molecule has 0 radical (unpaired) electrons. The lowest BCUT2D eigenvalue weighted by atomic mass is 10.2. The van der Waals surface area contributed by atoms with Gasteiger partial charge in [-0.25, -0.2) is 0 Å². The van der Waals surface area contributed by atoms with E-state index >= 15 is 0 Å². The lowest BCUT2D eigenvalue weighted by molar-refractivity contribution is 0.281. The third-order valence-electron chi connectivity index (χ3n) is 3.05. The number of aliphatic hydroxyl groups is 1. The highest BCUT2D eigenvalue weighted by Gasteiger charge is 2.12. The summed E-state index contributed by atoms with van der Waals surface area (Å²) in [6.45, 7) is 6.09. The number of hydrogen-bond acceptors (Lipinski definition) is 1. The maximum absolute atomic E-state index is 9.27. The zero-order valence-corrected chi connectivity index (χ0v) is 11.0. The molecule has 0 saturated carbocycles. The Hall–Kier alpha value is -1.25. The predicted octanol–water partition coefficient (Wildman–Crippen LogP) is 3.55. The van der Waals surface area contributed by atoms with Gasteiger partial charge >= 0.3 is 0 Å². The van der Waals surface area contributed by atoms with Gasteiger partial charge in [0.05, 0.1) is 17.3 Å². The van der Waals surface area contributed by atoms with Crippen LogP contribution >= 0.6 is 11.6 Å². The number of nitrogens with zero attached hydrogens (tertiary/aromatic N) is 1. The Morgan fingerprint density at radius 3 is 2.41 bits per heavy atom. The first kappa shape index (κ1) is 12.2. The Kier molecular flexibility index (Phi) is 3.27. The van der Waals surface area contributed by atoms with Crippen molar-refractivity contribution in [3.63, 3.8) is 0 Å². The van der Waals surface area contributed by atoms with E-state index in [4.69, 9.17) is 11.6 Å². The number of rotatable bonds is 2. The van der Waals surface area contributed by atoms with Crippen LogP contribution in [0.2, 0.25) is 5.02 Å². The molecule has 0 aliphatic heterocycles. The highest BCUT2D eigenvalue weighted by atomic mass is 35.5. The third kappa shape index (κ3) is 2.11. The van der Waals surface area contributed by atoms with Gasteiger partial charge in [0, 0.05) is 11.4 Å². The molecule has 0 saturated heterocycles. The van der Waals surface area contributed by atoms with Gasteiger partial charge in [-0.2, -0.15) is 0 Å². The molecule has 0 amide bonds. The summed E-state index contributed by atoms with van der Waals surface area (Å²) in [6, 6.07) is 8.00. The fourth-order valence-electron chi connectivity index (χ4n) is 2.15. The average molecular weight is 250 g/mol. The molecular weight excluding hydrogens is 234 g/mol. The van der Waals surface area contributed by atoms with Crippen molar-refractivity contribution in [3.8, 4) is 5.69 Å².